The minimum Gasteiger partial charge on any atom is -0.632 e. The van der Waals surface area contributed by atoms with Crippen LogP contribution in [0.25, 0.3) is 0 Å². The molecule has 16 heavy (non-hydrogen) atoms. The van der Waals surface area contributed by atoms with Gasteiger partial charge in [0, 0.05) is 12.8 Å². The maximum Gasteiger partial charge on any atom is 0.265 e. The third-order valence-electron chi connectivity index (χ3n) is 3.10. The summed E-state index contributed by atoms with van der Waals surface area (Å²) in [6.07, 6.45) is 4.59. The van der Waals surface area contributed by atoms with Crippen LogP contribution in [0, 0.1) is 5.21 Å². The maximum absolute atomic E-state index is 12.4. The van der Waals surface area contributed by atoms with Crippen LogP contribution in [0.5, 0.6) is 0 Å². The molecule has 6 heteroatoms. The van der Waals surface area contributed by atoms with Gasteiger partial charge < -0.3 is 9.85 Å². The van der Waals surface area contributed by atoms with Gasteiger partial charge >= 0.3 is 0 Å². The Morgan fingerprint density at radius 1 is 1.50 bits per heavy atom. The number of rotatable bonds is 5. The van der Waals surface area contributed by atoms with Gasteiger partial charge in [-0.2, -0.15) is 8.42 Å². The molecule has 0 amide bonds. The van der Waals surface area contributed by atoms with E-state index in [9.17, 15) is 13.6 Å². The monoisotopic (exact) mass is 249 g/mol. The predicted molar refractivity (Wildman–Crippen MR) is 62.2 cm³/mol. The summed E-state index contributed by atoms with van der Waals surface area (Å²) in [5.74, 6) is -0.334. The number of likely N-dealkylation sites (tertiary alicyclic amines) is 1. The van der Waals surface area contributed by atoms with Gasteiger partial charge in [-0.3, -0.25) is 4.55 Å². The molecule has 1 aliphatic rings. The maximum atomic E-state index is 12.4. The average Bonchev–Trinajstić information content (AvgIpc) is 2.16. The van der Waals surface area contributed by atoms with Crippen molar-refractivity contribution >= 4 is 10.1 Å². The molecule has 0 radical (unpaired) electrons. The highest BCUT2D eigenvalue weighted by Crippen LogP contribution is 2.25. The van der Waals surface area contributed by atoms with E-state index in [4.69, 9.17) is 4.55 Å². The summed E-state index contributed by atoms with van der Waals surface area (Å²) in [5.41, 5.74) is 0. The zero-order chi connectivity index (χ0) is 12.2. The van der Waals surface area contributed by atoms with Gasteiger partial charge in [-0.25, -0.2) is 0 Å². The first-order valence-corrected chi connectivity index (χ1v) is 7.14. The number of nitrogens with zero attached hydrogens (tertiary/aromatic N) is 1. The molecule has 1 saturated heterocycles. The second-order valence-electron chi connectivity index (χ2n) is 4.34. The van der Waals surface area contributed by atoms with Gasteiger partial charge in [0.15, 0.2) is 0 Å². The van der Waals surface area contributed by atoms with Gasteiger partial charge in [0.25, 0.3) is 10.1 Å². The molecule has 0 saturated carbocycles. The smallest absolute Gasteiger partial charge is 0.265 e. The highest BCUT2D eigenvalue weighted by Gasteiger charge is 2.29. The summed E-state index contributed by atoms with van der Waals surface area (Å²) in [4.78, 5) is 0. The molecular formula is C10H19NO4S. The van der Waals surface area contributed by atoms with Crippen LogP contribution in [-0.2, 0) is 10.1 Å². The van der Waals surface area contributed by atoms with E-state index in [0.29, 0.717) is 6.54 Å². The lowest BCUT2D eigenvalue weighted by atomic mass is 10.0. The van der Waals surface area contributed by atoms with Gasteiger partial charge in [-0.1, -0.05) is 6.58 Å². The van der Waals surface area contributed by atoms with Crippen LogP contribution in [0.2, 0.25) is 0 Å². The van der Waals surface area contributed by atoms with E-state index in [1.807, 2.05) is 0 Å². The molecule has 1 N–H and O–H groups in total. The third-order valence-corrected chi connectivity index (χ3v) is 3.91. The molecule has 5 nitrogen and oxygen atoms in total. The van der Waals surface area contributed by atoms with E-state index >= 15 is 0 Å². The molecule has 1 rings (SSSR count). The van der Waals surface area contributed by atoms with E-state index in [1.165, 1.54) is 0 Å². The molecule has 0 spiro atoms. The van der Waals surface area contributed by atoms with Gasteiger partial charge in [0.1, 0.15) is 6.04 Å². The van der Waals surface area contributed by atoms with Crippen LogP contribution in [0.3, 0.4) is 0 Å². The normalized spacial score (nSPS) is 31.2. The van der Waals surface area contributed by atoms with E-state index in [-0.39, 0.29) is 29.4 Å². The molecule has 0 aromatic heterocycles. The SMILES string of the molecule is C=CC1CCCC[N+]1([O-])CCCS(=O)(=O)O. The first-order chi connectivity index (χ1) is 7.37. The Bertz CT molecular complexity index is 341. The van der Waals surface area contributed by atoms with Crippen LogP contribution in [0.4, 0.5) is 0 Å². The minimum atomic E-state index is -3.95. The summed E-state index contributed by atoms with van der Waals surface area (Å²) in [7, 11) is -3.95. The van der Waals surface area contributed by atoms with E-state index < -0.39 is 10.1 Å². The lowest BCUT2D eigenvalue weighted by Gasteiger charge is -2.50. The molecule has 1 heterocycles. The number of hydrogen-bond donors (Lipinski definition) is 1. The molecule has 2 unspecified atom stereocenters. The largest absolute Gasteiger partial charge is 0.632 e. The molecule has 0 aromatic carbocycles. The Hall–Kier alpha value is -0.430. The summed E-state index contributed by atoms with van der Waals surface area (Å²) in [5, 5.41) is 12.4. The van der Waals surface area contributed by atoms with Crippen LogP contribution >= 0.6 is 0 Å². The van der Waals surface area contributed by atoms with Crippen LogP contribution in [0.1, 0.15) is 25.7 Å². The Kier molecular flexibility index (Phi) is 4.49. The Morgan fingerprint density at radius 2 is 2.19 bits per heavy atom. The highest BCUT2D eigenvalue weighted by atomic mass is 32.2. The molecular weight excluding hydrogens is 230 g/mol. The van der Waals surface area contributed by atoms with E-state index in [0.717, 1.165) is 19.3 Å². The first-order valence-electron chi connectivity index (χ1n) is 5.53. The first kappa shape index (κ1) is 13.6. The highest BCUT2D eigenvalue weighted by molar-refractivity contribution is 7.85. The van der Waals surface area contributed by atoms with Crippen molar-refractivity contribution in [3.05, 3.63) is 17.9 Å². The minimum absolute atomic E-state index is 0.129. The van der Waals surface area contributed by atoms with Crippen molar-refractivity contribution in [2.45, 2.75) is 31.7 Å². The van der Waals surface area contributed by atoms with Gasteiger partial charge in [-0.05, 0) is 18.9 Å². The summed E-state index contributed by atoms with van der Waals surface area (Å²) in [6.45, 7) is 4.40. The van der Waals surface area contributed by atoms with E-state index in [1.54, 1.807) is 6.08 Å². The molecule has 0 aromatic rings. The molecule has 1 aliphatic heterocycles. The average molecular weight is 249 g/mol. The number of piperidine rings is 1. The van der Waals surface area contributed by atoms with Crippen molar-refractivity contribution in [2.75, 3.05) is 18.8 Å². The second kappa shape index (κ2) is 5.27. The van der Waals surface area contributed by atoms with Crippen molar-refractivity contribution in [3.8, 4) is 0 Å². The number of quaternary nitrogens is 1. The van der Waals surface area contributed by atoms with Gasteiger partial charge in [0.2, 0.25) is 0 Å². The van der Waals surface area contributed by atoms with Gasteiger partial charge in [0.05, 0.1) is 18.8 Å². The number of hydroxylamine groups is 3. The predicted octanol–water partition coefficient (Wildman–Crippen LogP) is 1.32. The molecule has 2 atom stereocenters. The molecule has 94 valence electrons. The van der Waals surface area contributed by atoms with Crippen molar-refractivity contribution in [3.63, 3.8) is 0 Å². The fourth-order valence-corrected chi connectivity index (χ4v) is 2.73. The quantitative estimate of drug-likeness (QED) is 0.345. The topological polar surface area (TPSA) is 77.4 Å². The molecule has 0 aliphatic carbocycles. The van der Waals surface area contributed by atoms with Crippen molar-refractivity contribution in [1.82, 2.24) is 0 Å². The Balaban J connectivity index is 2.52. The van der Waals surface area contributed by atoms with Gasteiger partial charge in [-0.15, -0.1) is 0 Å². The Morgan fingerprint density at radius 3 is 2.75 bits per heavy atom. The van der Waals surface area contributed by atoms with Crippen LogP contribution < -0.4 is 0 Å². The zero-order valence-electron chi connectivity index (χ0n) is 9.34. The third kappa shape index (κ3) is 3.86. The summed E-state index contributed by atoms with van der Waals surface area (Å²) < 4.78 is 29.3. The fraction of sp³-hybridized carbons (Fsp3) is 0.800. The molecule has 0 bridgehead atoms. The summed E-state index contributed by atoms with van der Waals surface area (Å²) in [6, 6.07) is -0.129. The lowest BCUT2D eigenvalue weighted by Crippen LogP contribution is -2.53. The van der Waals surface area contributed by atoms with Crippen molar-refractivity contribution in [1.29, 1.82) is 0 Å². The van der Waals surface area contributed by atoms with Crippen molar-refractivity contribution < 1.29 is 17.6 Å². The number of hydrogen-bond acceptors (Lipinski definition) is 3. The Labute approximate surface area is 96.7 Å². The van der Waals surface area contributed by atoms with E-state index in [2.05, 4.69) is 6.58 Å². The zero-order valence-corrected chi connectivity index (χ0v) is 10.2. The van der Waals surface area contributed by atoms with Crippen molar-refractivity contribution in [2.24, 2.45) is 0 Å². The standard InChI is InChI=1S/C10H19NO4S/c1-2-10-6-3-4-7-11(10,12)8-5-9-16(13,14)15/h2,10H,1,3-9H2,(H,13,14,15). The lowest BCUT2D eigenvalue weighted by molar-refractivity contribution is -0.903. The van der Waals surface area contributed by atoms with Crippen LogP contribution in [0.15, 0.2) is 12.7 Å². The molecule has 1 fully saturated rings. The second-order valence-corrected chi connectivity index (χ2v) is 5.91. The summed E-state index contributed by atoms with van der Waals surface area (Å²) >= 11 is 0. The fourth-order valence-electron chi connectivity index (χ4n) is 2.24. The van der Waals surface area contributed by atoms with Crippen LogP contribution in [-0.4, -0.2) is 42.5 Å².